The maximum atomic E-state index is 13.6. The molecule has 0 aliphatic rings. The van der Waals surface area contributed by atoms with Crippen molar-refractivity contribution >= 4 is 43.2 Å². The molecular formula is C14H8BrF3N2S. The third-order valence-corrected chi connectivity index (χ3v) is 4.44. The molecule has 0 spiro atoms. The normalized spacial score (nSPS) is 11.0. The summed E-state index contributed by atoms with van der Waals surface area (Å²) >= 11 is 4.34. The SMILES string of the molecule is Fc1cc(F)c2sc(CNc3ccc(Br)cc3)nc2c1F. The summed E-state index contributed by atoms with van der Waals surface area (Å²) in [6.45, 7) is 0.307. The zero-order valence-corrected chi connectivity index (χ0v) is 12.9. The van der Waals surface area contributed by atoms with E-state index in [-0.39, 0.29) is 10.2 Å². The van der Waals surface area contributed by atoms with Gasteiger partial charge < -0.3 is 5.32 Å². The molecule has 2 nitrogen and oxygen atoms in total. The van der Waals surface area contributed by atoms with Crippen molar-refractivity contribution in [3.05, 3.63) is 57.3 Å². The molecule has 1 N–H and O–H groups in total. The first-order chi connectivity index (χ1) is 10.0. The molecule has 0 atom stereocenters. The molecular weight excluding hydrogens is 365 g/mol. The van der Waals surface area contributed by atoms with Crippen LogP contribution in [0.15, 0.2) is 34.8 Å². The van der Waals surface area contributed by atoms with Crippen LogP contribution in [0.1, 0.15) is 5.01 Å². The Balaban J connectivity index is 1.86. The van der Waals surface area contributed by atoms with Gasteiger partial charge in [-0.2, -0.15) is 0 Å². The molecule has 0 unspecified atom stereocenters. The topological polar surface area (TPSA) is 24.9 Å². The number of anilines is 1. The van der Waals surface area contributed by atoms with Gasteiger partial charge in [-0.3, -0.25) is 0 Å². The number of thiazole rings is 1. The van der Waals surface area contributed by atoms with Crippen LogP contribution in [0.5, 0.6) is 0 Å². The van der Waals surface area contributed by atoms with E-state index in [9.17, 15) is 13.2 Å². The summed E-state index contributed by atoms with van der Waals surface area (Å²) in [5, 5.41) is 3.57. The van der Waals surface area contributed by atoms with Gasteiger partial charge in [0.1, 0.15) is 16.3 Å². The van der Waals surface area contributed by atoms with Crippen molar-refractivity contribution in [3.63, 3.8) is 0 Å². The van der Waals surface area contributed by atoms with Crippen LogP contribution >= 0.6 is 27.3 Å². The van der Waals surface area contributed by atoms with E-state index in [2.05, 4.69) is 26.2 Å². The fourth-order valence-corrected chi connectivity index (χ4v) is 3.02. The van der Waals surface area contributed by atoms with Crippen LogP contribution < -0.4 is 5.32 Å². The number of hydrogen-bond donors (Lipinski definition) is 1. The van der Waals surface area contributed by atoms with Crippen LogP contribution in [-0.4, -0.2) is 4.98 Å². The van der Waals surface area contributed by atoms with Gasteiger partial charge in [-0.15, -0.1) is 11.3 Å². The van der Waals surface area contributed by atoms with E-state index in [1.165, 1.54) is 0 Å². The quantitative estimate of drug-likeness (QED) is 0.647. The highest BCUT2D eigenvalue weighted by molar-refractivity contribution is 9.10. The fraction of sp³-hybridized carbons (Fsp3) is 0.0714. The minimum atomic E-state index is -1.22. The Morgan fingerprint density at radius 3 is 2.52 bits per heavy atom. The Bertz CT molecular complexity index is 802. The minimum Gasteiger partial charge on any atom is -0.379 e. The zero-order chi connectivity index (χ0) is 15.0. The lowest BCUT2D eigenvalue weighted by atomic mass is 10.3. The third-order valence-electron chi connectivity index (χ3n) is 2.85. The second kappa shape index (κ2) is 5.65. The molecule has 1 aromatic heterocycles. The first-order valence-corrected chi connectivity index (χ1v) is 7.58. The Morgan fingerprint density at radius 2 is 1.81 bits per heavy atom. The second-order valence-corrected chi connectivity index (χ2v) is 6.30. The molecule has 0 saturated heterocycles. The average Bonchev–Trinajstić information content (AvgIpc) is 2.89. The molecule has 2 aromatic carbocycles. The Morgan fingerprint density at radius 1 is 1.10 bits per heavy atom. The average molecular weight is 373 g/mol. The zero-order valence-electron chi connectivity index (χ0n) is 10.5. The molecule has 0 fully saturated rings. The van der Waals surface area contributed by atoms with Crippen molar-refractivity contribution in [1.29, 1.82) is 0 Å². The summed E-state index contributed by atoms with van der Waals surface area (Å²) in [6, 6.07) is 8.00. The van der Waals surface area contributed by atoms with E-state index >= 15 is 0 Å². The molecule has 3 rings (SSSR count). The Hall–Kier alpha value is -1.60. The highest BCUT2D eigenvalue weighted by Gasteiger charge is 2.17. The molecule has 0 bridgehead atoms. The summed E-state index contributed by atoms with van der Waals surface area (Å²) in [5.41, 5.74) is 0.592. The maximum Gasteiger partial charge on any atom is 0.186 e. The van der Waals surface area contributed by atoms with Crippen molar-refractivity contribution < 1.29 is 13.2 Å². The predicted molar refractivity (Wildman–Crippen MR) is 81.0 cm³/mol. The van der Waals surface area contributed by atoms with E-state index in [0.717, 1.165) is 21.5 Å². The summed E-state index contributed by atoms with van der Waals surface area (Å²) in [5.74, 6) is -3.13. The number of benzene rings is 2. The third kappa shape index (κ3) is 2.89. The van der Waals surface area contributed by atoms with E-state index in [4.69, 9.17) is 0 Å². The Labute approximate surface area is 130 Å². The number of hydrogen-bond acceptors (Lipinski definition) is 3. The summed E-state index contributed by atoms with van der Waals surface area (Å²) in [6.07, 6.45) is 0. The summed E-state index contributed by atoms with van der Waals surface area (Å²) in [4.78, 5) is 3.96. The van der Waals surface area contributed by atoms with Gasteiger partial charge in [0.2, 0.25) is 0 Å². The lowest BCUT2D eigenvalue weighted by molar-refractivity contribution is 0.504. The smallest absolute Gasteiger partial charge is 0.186 e. The number of rotatable bonds is 3. The number of aromatic nitrogens is 1. The van der Waals surface area contributed by atoms with Crippen LogP contribution in [-0.2, 0) is 6.54 Å². The van der Waals surface area contributed by atoms with Crippen LogP contribution in [0.4, 0.5) is 18.9 Å². The van der Waals surface area contributed by atoms with Crippen molar-refractivity contribution in [2.75, 3.05) is 5.32 Å². The van der Waals surface area contributed by atoms with Gasteiger partial charge in [0.15, 0.2) is 11.6 Å². The summed E-state index contributed by atoms with van der Waals surface area (Å²) < 4.78 is 41.3. The highest BCUT2D eigenvalue weighted by Crippen LogP contribution is 2.29. The molecule has 0 radical (unpaired) electrons. The van der Waals surface area contributed by atoms with Crippen LogP contribution in [0, 0.1) is 17.5 Å². The highest BCUT2D eigenvalue weighted by atomic mass is 79.9. The van der Waals surface area contributed by atoms with Gasteiger partial charge in [0, 0.05) is 16.2 Å². The van der Waals surface area contributed by atoms with Crippen LogP contribution in [0.25, 0.3) is 10.2 Å². The molecule has 0 saturated carbocycles. The maximum absolute atomic E-state index is 13.6. The monoisotopic (exact) mass is 372 g/mol. The van der Waals surface area contributed by atoms with E-state index in [1.807, 2.05) is 24.3 Å². The van der Waals surface area contributed by atoms with Gasteiger partial charge in [-0.1, -0.05) is 15.9 Å². The standard InChI is InChI=1S/C14H8BrF3N2S/c15-7-1-3-8(4-2-7)19-6-11-20-13-12(18)9(16)5-10(17)14(13)21-11/h1-5,19H,6H2. The van der Waals surface area contributed by atoms with Crippen LogP contribution in [0.3, 0.4) is 0 Å². The lowest BCUT2D eigenvalue weighted by Gasteiger charge is -2.03. The van der Waals surface area contributed by atoms with Gasteiger partial charge in [-0.05, 0) is 24.3 Å². The van der Waals surface area contributed by atoms with Crippen molar-refractivity contribution in [2.45, 2.75) is 6.54 Å². The molecule has 3 aromatic rings. The summed E-state index contributed by atoms with van der Waals surface area (Å²) in [7, 11) is 0. The van der Waals surface area contributed by atoms with E-state index in [1.54, 1.807) is 0 Å². The lowest BCUT2D eigenvalue weighted by Crippen LogP contribution is -1.98. The van der Waals surface area contributed by atoms with E-state index < -0.39 is 17.5 Å². The van der Waals surface area contributed by atoms with Gasteiger partial charge in [-0.25, -0.2) is 18.2 Å². The number of nitrogens with one attached hydrogen (secondary N) is 1. The largest absolute Gasteiger partial charge is 0.379 e. The molecule has 0 aliphatic carbocycles. The van der Waals surface area contributed by atoms with Gasteiger partial charge in [0.05, 0.1) is 11.2 Å². The van der Waals surface area contributed by atoms with Crippen molar-refractivity contribution in [3.8, 4) is 0 Å². The number of halogens is 4. The fourth-order valence-electron chi connectivity index (χ4n) is 1.85. The Kier molecular flexibility index (Phi) is 3.86. The van der Waals surface area contributed by atoms with Crippen LogP contribution in [0.2, 0.25) is 0 Å². The van der Waals surface area contributed by atoms with E-state index in [0.29, 0.717) is 17.6 Å². The second-order valence-electron chi connectivity index (χ2n) is 4.30. The molecule has 21 heavy (non-hydrogen) atoms. The molecule has 0 amide bonds. The predicted octanol–water partition coefficient (Wildman–Crippen LogP) is 5.09. The first kappa shape index (κ1) is 14.3. The molecule has 0 aliphatic heterocycles. The van der Waals surface area contributed by atoms with Gasteiger partial charge in [0.25, 0.3) is 0 Å². The van der Waals surface area contributed by atoms with Crippen molar-refractivity contribution in [2.24, 2.45) is 0 Å². The van der Waals surface area contributed by atoms with Gasteiger partial charge >= 0.3 is 0 Å². The minimum absolute atomic E-state index is 0.0292. The molecule has 1 heterocycles. The van der Waals surface area contributed by atoms with Crippen molar-refractivity contribution in [1.82, 2.24) is 4.98 Å². The number of nitrogens with zero attached hydrogens (tertiary/aromatic N) is 1. The first-order valence-electron chi connectivity index (χ1n) is 5.97. The molecule has 7 heteroatoms. The number of fused-ring (bicyclic) bond motifs is 1. The molecule has 108 valence electrons.